The Morgan fingerprint density at radius 3 is 2.24 bits per heavy atom. The summed E-state index contributed by atoms with van der Waals surface area (Å²) in [6, 6.07) is 5.38. The summed E-state index contributed by atoms with van der Waals surface area (Å²) in [4.78, 5) is 4.00. The standard InChI is InChI=1S/C21H29Cl2N3O2.C9H21N/c1-6-12-28-19(10-11-24-4)20(27-7-2)13-15(3)21(25-5)26-16-8-9-17(22)18(23)14-16;1-5-8(3)9(6-2)7-10-4/h8-11,13-14,25-26H,6-7,12H2,1-5H3;8-10H,5-7H2,1-4H3/b19-10+,20-13+,21-15-,24-11?;. The molecule has 0 saturated heterocycles. The van der Waals surface area contributed by atoms with Crippen molar-refractivity contribution < 1.29 is 9.47 Å². The molecule has 38 heavy (non-hydrogen) atoms. The van der Waals surface area contributed by atoms with Crippen molar-refractivity contribution in [1.29, 1.82) is 0 Å². The first-order chi connectivity index (χ1) is 18.2. The van der Waals surface area contributed by atoms with E-state index in [-0.39, 0.29) is 0 Å². The van der Waals surface area contributed by atoms with Crippen LogP contribution in [0.3, 0.4) is 0 Å². The van der Waals surface area contributed by atoms with Gasteiger partial charge in [0.15, 0.2) is 11.5 Å². The summed E-state index contributed by atoms with van der Waals surface area (Å²) >= 11 is 12.1. The predicted octanol–water partition coefficient (Wildman–Crippen LogP) is 8.07. The van der Waals surface area contributed by atoms with Crippen LogP contribution in [0.1, 0.15) is 60.8 Å². The fourth-order valence-electron chi connectivity index (χ4n) is 3.58. The molecule has 0 aliphatic carbocycles. The van der Waals surface area contributed by atoms with Crippen molar-refractivity contribution in [1.82, 2.24) is 10.6 Å². The summed E-state index contributed by atoms with van der Waals surface area (Å²) in [6.07, 6.45) is 8.91. The molecule has 0 fully saturated rings. The van der Waals surface area contributed by atoms with E-state index in [9.17, 15) is 0 Å². The zero-order valence-corrected chi connectivity index (χ0v) is 26.4. The maximum Gasteiger partial charge on any atom is 0.162 e. The number of hydrogen-bond donors (Lipinski definition) is 3. The van der Waals surface area contributed by atoms with E-state index < -0.39 is 0 Å². The van der Waals surface area contributed by atoms with Crippen LogP contribution in [0.2, 0.25) is 10.0 Å². The second-order valence-corrected chi connectivity index (χ2v) is 9.72. The van der Waals surface area contributed by atoms with Gasteiger partial charge < -0.3 is 25.4 Å². The van der Waals surface area contributed by atoms with Crippen LogP contribution in [0, 0.1) is 11.8 Å². The van der Waals surface area contributed by atoms with Crippen LogP contribution in [0.15, 0.2) is 58.3 Å². The van der Waals surface area contributed by atoms with Crippen molar-refractivity contribution >= 4 is 35.1 Å². The summed E-state index contributed by atoms with van der Waals surface area (Å²) in [5, 5.41) is 10.7. The molecule has 2 unspecified atom stereocenters. The topological polar surface area (TPSA) is 66.9 Å². The molecule has 0 aliphatic heterocycles. The first-order valence-corrected chi connectivity index (χ1v) is 14.3. The maximum atomic E-state index is 6.11. The molecule has 2 atom stereocenters. The molecule has 0 aliphatic rings. The van der Waals surface area contributed by atoms with Crippen molar-refractivity contribution in [2.45, 2.75) is 60.8 Å². The lowest BCUT2D eigenvalue weighted by molar-refractivity contribution is 0.158. The third-order valence-corrected chi connectivity index (χ3v) is 6.74. The van der Waals surface area contributed by atoms with Crippen molar-refractivity contribution in [3.63, 3.8) is 0 Å². The van der Waals surface area contributed by atoms with Crippen LogP contribution < -0.4 is 16.0 Å². The van der Waals surface area contributed by atoms with E-state index in [4.69, 9.17) is 32.7 Å². The highest BCUT2D eigenvalue weighted by molar-refractivity contribution is 6.42. The maximum absolute atomic E-state index is 6.11. The molecular weight excluding hydrogens is 519 g/mol. The molecule has 6 nitrogen and oxygen atoms in total. The minimum absolute atomic E-state index is 0.488. The number of nitrogens with zero attached hydrogens (tertiary/aromatic N) is 1. The average Bonchev–Trinajstić information content (AvgIpc) is 2.92. The third kappa shape index (κ3) is 14.1. The largest absolute Gasteiger partial charge is 0.490 e. The minimum Gasteiger partial charge on any atom is -0.490 e. The van der Waals surface area contributed by atoms with Crippen molar-refractivity contribution in [2.24, 2.45) is 16.8 Å². The van der Waals surface area contributed by atoms with Gasteiger partial charge in [0.25, 0.3) is 0 Å². The fourth-order valence-corrected chi connectivity index (χ4v) is 3.88. The number of hydrogen-bond acceptors (Lipinski definition) is 6. The fraction of sp³-hybridized carbons (Fsp3) is 0.567. The van der Waals surface area contributed by atoms with E-state index in [2.05, 4.69) is 48.6 Å². The Balaban J connectivity index is 0.00000115. The lowest BCUT2D eigenvalue weighted by atomic mass is 9.90. The quantitative estimate of drug-likeness (QED) is 0.107. The zero-order valence-electron chi connectivity index (χ0n) is 24.9. The second kappa shape index (κ2) is 21.7. The Morgan fingerprint density at radius 1 is 1.03 bits per heavy atom. The highest BCUT2D eigenvalue weighted by atomic mass is 35.5. The van der Waals surface area contributed by atoms with Crippen molar-refractivity contribution in [3.05, 3.63) is 63.3 Å². The molecule has 0 amide bonds. The van der Waals surface area contributed by atoms with Crippen LogP contribution >= 0.6 is 23.2 Å². The molecule has 0 spiro atoms. The van der Waals surface area contributed by atoms with E-state index in [0.717, 1.165) is 35.3 Å². The van der Waals surface area contributed by atoms with Gasteiger partial charge in [-0.15, -0.1) is 0 Å². The van der Waals surface area contributed by atoms with E-state index in [1.165, 1.54) is 19.4 Å². The molecule has 8 heteroatoms. The van der Waals surface area contributed by atoms with Gasteiger partial charge in [0, 0.05) is 32.1 Å². The van der Waals surface area contributed by atoms with Crippen molar-refractivity contribution in [2.75, 3.05) is 46.2 Å². The predicted molar refractivity (Wildman–Crippen MR) is 167 cm³/mol. The lowest BCUT2D eigenvalue weighted by Gasteiger charge is -2.20. The molecule has 0 heterocycles. The van der Waals surface area contributed by atoms with E-state index in [1.807, 2.05) is 40.1 Å². The molecule has 0 saturated carbocycles. The lowest BCUT2D eigenvalue weighted by Crippen LogP contribution is -2.23. The van der Waals surface area contributed by atoms with E-state index in [0.29, 0.717) is 34.8 Å². The Hall–Kier alpha value is -2.15. The van der Waals surface area contributed by atoms with E-state index in [1.54, 1.807) is 31.5 Å². The molecule has 0 aromatic heterocycles. The molecule has 1 aromatic carbocycles. The summed E-state index contributed by atoms with van der Waals surface area (Å²) in [6.45, 7) is 15.1. The van der Waals surface area contributed by atoms with Gasteiger partial charge >= 0.3 is 0 Å². The van der Waals surface area contributed by atoms with Crippen LogP contribution in [-0.4, -0.2) is 47.1 Å². The molecule has 216 valence electrons. The number of aliphatic imine (C=N–C) groups is 1. The zero-order chi connectivity index (χ0) is 28.9. The molecular formula is C30H50Cl2N4O2. The summed E-state index contributed by atoms with van der Waals surface area (Å²) in [5.41, 5.74) is 1.75. The monoisotopic (exact) mass is 568 g/mol. The van der Waals surface area contributed by atoms with Gasteiger partial charge in [0.05, 0.1) is 23.3 Å². The number of halogens is 2. The Morgan fingerprint density at radius 2 is 1.74 bits per heavy atom. The molecule has 1 aromatic rings. The highest BCUT2D eigenvalue weighted by Gasteiger charge is 2.12. The van der Waals surface area contributed by atoms with Crippen LogP contribution in [0.25, 0.3) is 0 Å². The number of ether oxygens (including phenoxy) is 2. The van der Waals surface area contributed by atoms with E-state index >= 15 is 0 Å². The molecule has 0 radical (unpaired) electrons. The van der Waals surface area contributed by atoms with Gasteiger partial charge in [-0.2, -0.15) is 0 Å². The van der Waals surface area contributed by atoms with Crippen LogP contribution in [-0.2, 0) is 9.47 Å². The highest BCUT2D eigenvalue weighted by Crippen LogP contribution is 2.26. The first-order valence-electron chi connectivity index (χ1n) is 13.6. The van der Waals surface area contributed by atoms with Gasteiger partial charge in [-0.3, -0.25) is 4.99 Å². The molecule has 1 rings (SSSR count). The number of nitrogens with one attached hydrogen (secondary N) is 3. The summed E-state index contributed by atoms with van der Waals surface area (Å²) in [5.74, 6) is 3.82. The third-order valence-electron chi connectivity index (χ3n) is 6.00. The average molecular weight is 570 g/mol. The number of rotatable bonds is 16. The Labute approximate surface area is 242 Å². The smallest absolute Gasteiger partial charge is 0.162 e. The van der Waals surface area contributed by atoms with Gasteiger partial charge in [-0.1, -0.05) is 63.7 Å². The Kier molecular flexibility index (Phi) is 20.5. The number of anilines is 1. The van der Waals surface area contributed by atoms with Gasteiger partial charge in [0.1, 0.15) is 5.82 Å². The van der Waals surface area contributed by atoms with Gasteiger partial charge in [0.2, 0.25) is 0 Å². The molecule has 0 bridgehead atoms. The minimum atomic E-state index is 0.488. The SMILES string of the molecule is CCC(C)C(CC)CNC.CCCOC(=C/C=NC)/C(=C\C(C)=C(\NC)Nc1ccc(Cl)c(Cl)c1)OCC. The summed E-state index contributed by atoms with van der Waals surface area (Å²) < 4.78 is 11.7. The van der Waals surface area contributed by atoms with Crippen LogP contribution in [0.4, 0.5) is 5.69 Å². The molecule has 3 N–H and O–H groups in total. The second-order valence-electron chi connectivity index (χ2n) is 8.90. The number of benzene rings is 1. The first kappa shape index (κ1) is 35.9. The normalized spacial score (nSPS) is 14.3. The number of allylic oxidation sites excluding steroid dienone is 3. The summed E-state index contributed by atoms with van der Waals surface area (Å²) in [7, 11) is 5.58. The Bertz CT molecular complexity index is 914. The van der Waals surface area contributed by atoms with Crippen LogP contribution in [0.5, 0.6) is 0 Å². The van der Waals surface area contributed by atoms with Gasteiger partial charge in [-0.25, -0.2) is 0 Å². The van der Waals surface area contributed by atoms with Crippen molar-refractivity contribution in [3.8, 4) is 0 Å². The van der Waals surface area contributed by atoms with Gasteiger partial charge in [-0.05, 0) is 75.5 Å².